The third-order valence-corrected chi connectivity index (χ3v) is 3.73. The molecule has 5 heteroatoms. The SMILES string of the molecule is Cc1oc(C(=O)O)cc1CNC1CCOc2ccccc21. The Balaban J connectivity index is 1.73. The number of aromatic carboxylic acids is 1. The fourth-order valence-corrected chi connectivity index (χ4v) is 2.59. The quantitative estimate of drug-likeness (QED) is 0.904. The van der Waals surface area contributed by atoms with Crippen LogP contribution in [-0.2, 0) is 6.54 Å². The van der Waals surface area contributed by atoms with Crippen LogP contribution in [0, 0.1) is 6.92 Å². The molecule has 1 unspecified atom stereocenters. The molecule has 2 N–H and O–H groups in total. The minimum atomic E-state index is -1.04. The van der Waals surface area contributed by atoms with E-state index in [0.29, 0.717) is 18.9 Å². The van der Waals surface area contributed by atoms with Gasteiger partial charge in [0, 0.05) is 30.1 Å². The minimum Gasteiger partial charge on any atom is -0.493 e. The van der Waals surface area contributed by atoms with E-state index in [4.69, 9.17) is 14.3 Å². The van der Waals surface area contributed by atoms with Crippen molar-refractivity contribution in [2.24, 2.45) is 0 Å². The molecule has 1 aliphatic heterocycles. The number of benzene rings is 1. The van der Waals surface area contributed by atoms with Crippen LogP contribution in [-0.4, -0.2) is 17.7 Å². The molecule has 1 aromatic heterocycles. The topological polar surface area (TPSA) is 71.7 Å². The molecule has 0 fully saturated rings. The molecule has 110 valence electrons. The number of carboxylic acid groups (broad SMARTS) is 1. The maximum atomic E-state index is 10.9. The van der Waals surface area contributed by atoms with E-state index in [-0.39, 0.29) is 11.8 Å². The normalized spacial score (nSPS) is 17.1. The molecule has 2 heterocycles. The first kappa shape index (κ1) is 13.7. The van der Waals surface area contributed by atoms with Crippen molar-refractivity contribution in [2.45, 2.75) is 25.9 Å². The van der Waals surface area contributed by atoms with Gasteiger partial charge in [-0.15, -0.1) is 0 Å². The van der Waals surface area contributed by atoms with Crippen molar-refractivity contribution in [3.8, 4) is 5.75 Å². The molecule has 0 saturated heterocycles. The fraction of sp³-hybridized carbons (Fsp3) is 0.312. The summed E-state index contributed by atoms with van der Waals surface area (Å²) in [5.41, 5.74) is 2.01. The van der Waals surface area contributed by atoms with Gasteiger partial charge < -0.3 is 19.6 Å². The molecule has 0 amide bonds. The van der Waals surface area contributed by atoms with Crippen molar-refractivity contribution >= 4 is 5.97 Å². The Morgan fingerprint density at radius 2 is 2.24 bits per heavy atom. The van der Waals surface area contributed by atoms with Gasteiger partial charge in [-0.25, -0.2) is 4.79 Å². The van der Waals surface area contributed by atoms with Gasteiger partial charge in [0.25, 0.3) is 0 Å². The van der Waals surface area contributed by atoms with Gasteiger partial charge >= 0.3 is 5.97 Å². The molecule has 0 spiro atoms. The molecule has 0 aliphatic carbocycles. The largest absolute Gasteiger partial charge is 0.493 e. The average Bonchev–Trinajstić information content (AvgIpc) is 2.86. The summed E-state index contributed by atoms with van der Waals surface area (Å²) in [4.78, 5) is 10.9. The number of carboxylic acids is 1. The number of fused-ring (bicyclic) bond motifs is 1. The van der Waals surface area contributed by atoms with Crippen LogP contribution >= 0.6 is 0 Å². The van der Waals surface area contributed by atoms with Crippen LogP contribution in [0.4, 0.5) is 0 Å². The second-order valence-electron chi connectivity index (χ2n) is 5.11. The van der Waals surface area contributed by atoms with Crippen molar-refractivity contribution in [3.05, 3.63) is 53.0 Å². The molecule has 1 atom stereocenters. The lowest BCUT2D eigenvalue weighted by Gasteiger charge is -2.26. The predicted octanol–water partition coefficient (Wildman–Crippen LogP) is 2.90. The minimum absolute atomic E-state index is 0.0170. The number of aryl methyl sites for hydroxylation is 1. The second kappa shape index (κ2) is 5.61. The zero-order valence-electron chi connectivity index (χ0n) is 11.8. The van der Waals surface area contributed by atoms with Gasteiger partial charge in [0.05, 0.1) is 6.61 Å². The van der Waals surface area contributed by atoms with Crippen molar-refractivity contribution < 1.29 is 19.1 Å². The van der Waals surface area contributed by atoms with Crippen LogP contribution in [0.15, 0.2) is 34.7 Å². The van der Waals surface area contributed by atoms with Crippen molar-refractivity contribution in [2.75, 3.05) is 6.61 Å². The zero-order chi connectivity index (χ0) is 14.8. The second-order valence-corrected chi connectivity index (χ2v) is 5.11. The summed E-state index contributed by atoms with van der Waals surface area (Å²) in [6.45, 7) is 3.03. The summed E-state index contributed by atoms with van der Waals surface area (Å²) in [6, 6.07) is 9.76. The van der Waals surface area contributed by atoms with E-state index in [1.807, 2.05) is 18.2 Å². The van der Waals surface area contributed by atoms with Crippen LogP contribution < -0.4 is 10.1 Å². The summed E-state index contributed by atoms with van der Waals surface area (Å²) in [5, 5.41) is 12.4. The fourth-order valence-electron chi connectivity index (χ4n) is 2.59. The van der Waals surface area contributed by atoms with Crippen molar-refractivity contribution in [1.29, 1.82) is 0 Å². The molecular weight excluding hydrogens is 270 g/mol. The summed E-state index contributed by atoms with van der Waals surface area (Å²) in [5.74, 6) is 0.495. The lowest BCUT2D eigenvalue weighted by molar-refractivity contribution is 0.0661. The van der Waals surface area contributed by atoms with Crippen LogP contribution in [0.1, 0.15) is 39.9 Å². The Kier molecular flexibility index (Phi) is 3.66. The number of furan rings is 1. The van der Waals surface area contributed by atoms with Gasteiger partial charge in [0.1, 0.15) is 11.5 Å². The van der Waals surface area contributed by atoms with E-state index in [9.17, 15) is 4.79 Å². The van der Waals surface area contributed by atoms with Crippen LogP contribution in [0.3, 0.4) is 0 Å². The number of nitrogens with one attached hydrogen (secondary N) is 1. The van der Waals surface area contributed by atoms with E-state index in [1.54, 1.807) is 13.0 Å². The highest BCUT2D eigenvalue weighted by Gasteiger charge is 2.21. The van der Waals surface area contributed by atoms with E-state index < -0.39 is 5.97 Å². The summed E-state index contributed by atoms with van der Waals surface area (Å²) >= 11 is 0. The molecular formula is C16H17NO4. The van der Waals surface area contributed by atoms with Gasteiger partial charge in [-0.2, -0.15) is 0 Å². The van der Waals surface area contributed by atoms with Gasteiger partial charge in [0.15, 0.2) is 0 Å². The molecule has 3 rings (SSSR count). The molecule has 21 heavy (non-hydrogen) atoms. The van der Waals surface area contributed by atoms with Crippen molar-refractivity contribution in [3.63, 3.8) is 0 Å². The van der Waals surface area contributed by atoms with Gasteiger partial charge in [-0.1, -0.05) is 18.2 Å². The Labute approximate surface area is 122 Å². The highest BCUT2D eigenvalue weighted by molar-refractivity contribution is 5.84. The summed E-state index contributed by atoms with van der Waals surface area (Å²) in [6.07, 6.45) is 0.889. The van der Waals surface area contributed by atoms with Crippen LogP contribution in [0.25, 0.3) is 0 Å². The lowest BCUT2D eigenvalue weighted by Crippen LogP contribution is -2.26. The Hall–Kier alpha value is -2.27. The summed E-state index contributed by atoms with van der Waals surface area (Å²) in [7, 11) is 0. The number of para-hydroxylation sites is 1. The smallest absolute Gasteiger partial charge is 0.371 e. The molecule has 0 saturated carbocycles. The first-order valence-corrected chi connectivity index (χ1v) is 6.93. The van der Waals surface area contributed by atoms with E-state index in [1.165, 1.54) is 0 Å². The Morgan fingerprint density at radius 1 is 1.43 bits per heavy atom. The standard InChI is InChI=1S/C16H17NO4/c1-10-11(8-15(21-10)16(18)19)9-17-13-6-7-20-14-5-3-2-4-12(13)14/h2-5,8,13,17H,6-7,9H2,1H3,(H,18,19). The number of hydrogen-bond acceptors (Lipinski definition) is 4. The van der Waals surface area contributed by atoms with E-state index in [0.717, 1.165) is 23.3 Å². The molecule has 5 nitrogen and oxygen atoms in total. The van der Waals surface area contributed by atoms with Crippen LogP contribution in [0.2, 0.25) is 0 Å². The third-order valence-electron chi connectivity index (χ3n) is 3.73. The molecule has 1 aliphatic rings. The number of hydrogen-bond donors (Lipinski definition) is 2. The highest BCUT2D eigenvalue weighted by Crippen LogP contribution is 2.31. The summed E-state index contributed by atoms with van der Waals surface area (Å²) < 4.78 is 10.8. The maximum Gasteiger partial charge on any atom is 0.371 e. The first-order chi connectivity index (χ1) is 10.1. The number of rotatable bonds is 4. The lowest BCUT2D eigenvalue weighted by atomic mass is 10.0. The van der Waals surface area contributed by atoms with Gasteiger partial charge in [-0.3, -0.25) is 0 Å². The molecule has 0 bridgehead atoms. The third kappa shape index (κ3) is 2.78. The highest BCUT2D eigenvalue weighted by atomic mass is 16.5. The Bertz CT molecular complexity index is 662. The van der Waals surface area contributed by atoms with Gasteiger partial charge in [-0.05, 0) is 19.1 Å². The van der Waals surface area contributed by atoms with E-state index >= 15 is 0 Å². The molecule has 2 aromatic rings. The monoisotopic (exact) mass is 287 g/mol. The van der Waals surface area contributed by atoms with E-state index in [2.05, 4.69) is 11.4 Å². The molecule has 0 radical (unpaired) electrons. The first-order valence-electron chi connectivity index (χ1n) is 6.93. The predicted molar refractivity (Wildman–Crippen MR) is 76.5 cm³/mol. The van der Waals surface area contributed by atoms with Crippen molar-refractivity contribution in [1.82, 2.24) is 5.32 Å². The van der Waals surface area contributed by atoms with Crippen LogP contribution in [0.5, 0.6) is 5.75 Å². The zero-order valence-corrected chi connectivity index (χ0v) is 11.8. The average molecular weight is 287 g/mol. The van der Waals surface area contributed by atoms with Gasteiger partial charge in [0.2, 0.25) is 5.76 Å². The number of carbonyl (C=O) groups is 1. The molecule has 1 aromatic carbocycles. The maximum absolute atomic E-state index is 10.9. The Morgan fingerprint density at radius 3 is 3.00 bits per heavy atom. The number of ether oxygens (including phenoxy) is 1.